The highest BCUT2D eigenvalue weighted by molar-refractivity contribution is 5.90. The normalized spacial score (nSPS) is 20.5. The number of anilines is 1. The van der Waals surface area contributed by atoms with E-state index in [0.717, 1.165) is 30.6 Å². The second-order valence-electron chi connectivity index (χ2n) is 6.46. The number of fused-ring (bicyclic) bond motifs is 1. The summed E-state index contributed by atoms with van der Waals surface area (Å²) in [6.07, 6.45) is 4.99. The molecule has 24 heavy (non-hydrogen) atoms. The number of rotatable bonds is 6. The van der Waals surface area contributed by atoms with Crippen LogP contribution < -0.4 is 9.64 Å². The van der Waals surface area contributed by atoms with Crippen molar-refractivity contribution in [3.63, 3.8) is 0 Å². The van der Waals surface area contributed by atoms with Crippen LogP contribution in [-0.4, -0.2) is 43.4 Å². The molecule has 1 aromatic heterocycles. The van der Waals surface area contributed by atoms with Crippen LogP contribution in [0.3, 0.4) is 0 Å². The van der Waals surface area contributed by atoms with Crippen molar-refractivity contribution in [1.82, 2.24) is 9.97 Å². The Morgan fingerprint density at radius 2 is 2.08 bits per heavy atom. The van der Waals surface area contributed by atoms with Gasteiger partial charge in [-0.05, 0) is 31.2 Å². The van der Waals surface area contributed by atoms with Crippen LogP contribution in [-0.2, 0) is 4.74 Å². The molecule has 1 heterocycles. The molecule has 1 aliphatic rings. The lowest BCUT2D eigenvalue weighted by molar-refractivity contribution is 0.203. The molecule has 3 rings (SSSR count). The molecule has 1 saturated carbocycles. The van der Waals surface area contributed by atoms with Gasteiger partial charge in [-0.15, -0.1) is 0 Å². The number of hydrogen-bond acceptors (Lipinski definition) is 5. The molecule has 0 amide bonds. The van der Waals surface area contributed by atoms with E-state index in [2.05, 4.69) is 21.8 Å². The maximum absolute atomic E-state index is 14.0. The van der Waals surface area contributed by atoms with Gasteiger partial charge in [0.1, 0.15) is 12.1 Å². The highest BCUT2D eigenvalue weighted by Gasteiger charge is 2.29. The van der Waals surface area contributed by atoms with E-state index in [1.807, 2.05) is 0 Å². The van der Waals surface area contributed by atoms with E-state index in [9.17, 15) is 4.39 Å². The smallest absolute Gasteiger partial charge is 0.167 e. The van der Waals surface area contributed by atoms with E-state index < -0.39 is 5.82 Å². The van der Waals surface area contributed by atoms with Crippen LogP contribution in [0.15, 0.2) is 18.5 Å². The molecule has 1 fully saturated rings. The predicted molar refractivity (Wildman–Crippen MR) is 92.1 cm³/mol. The van der Waals surface area contributed by atoms with E-state index >= 15 is 0 Å². The molecule has 130 valence electrons. The molecule has 1 aromatic carbocycles. The zero-order valence-electron chi connectivity index (χ0n) is 14.5. The first kappa shape index (κ1) is 16.9. The summed E-state index contributed by atoms with van der Waals surface area (Å²) in [5.74, 6) is 1.34. The van der Waals surface area contributed by atoms with E-state index in [-0.39, 0.29) is 5.75 Å². The maximum Gasteiger partial charge on any atom is 0.167 e. The van der Waals surface area contributed by atoms with Gasteiger partial charge in [-0.2, -0.15) is 0 Å². The van der Waals surface area contributed by atoms with E-state index in [4.69, 9.17) is 9.47 Å². The number of hydrogen-bond donors (Lipinski definition) is 0. The molecule has 0 N–H and O–H groups in total. The first-order chi connectivity index (χ1) is 11.6. The van der Waals surface area contributed by atoms with Crippen LogP contribution in [0.2, 0.25) is 0 Å². The van der Waals surface area contributed by atoms with Gasteiger partial charge in [0.2, 0.25) is 0 Å². The molecular formula is C18H24FN3O2. The van der Waals surface area contributed by atoms with Crippen LogP contribution in [0, 0.1) is 11.7 Å². The Kier molecular flexibility index (Phi) is 5.14. The van der Waals surface area contributed by atoms with Gasteiger partial charge >= 0.3 is 0 Å². The molecule has 0 aliphatic heterocycles. The number of halogens is 1. The van der Waals surface area contributed by atoms with Gasteiger partial charge in [0, 0.05) is 31.1 Å². The molecule has 2 atom stereocenters. The van der Waals surface area contributed by atoms with Crippen molar-refractivity contribution < 1.29 is 13.9 Å². The third kappa shape index (κ3) is 3.29. The van der Waals surface area contributed by atoms with Gasteiger partial charge in [0.25, 0.3) is 0 Å². The summed E-state index contributed by atoms with van der Waals surface area (Å²) in [5.41, 5.74) is 0.590. The lowest BCUT2D eigenvalue weighted by Crippen LogP contribution is -2.37. The summed E-state index contributed by atoms with van der Waals surface area (Å²) in [4.78, 5) is 11.0. The number of benzene rings is 1. The summed E-state index contributed by atoms with van der Waals surface area (Å²) in [5, 5.41) is 0.811. The molecule has 2 unspecified atom stereocenters. The fourth-order valence-electron chi connectivity index (χ4n) is 3.54. The van der Waals surface area contributed by atoms with Gasteiger partial charge in [-0.25, -0.2) is 14.4 Å². The Labute approximate surface area is 141 Å². The molecular weight excluding hydrogens is 309 g/mol. The van der Waals surface area contributed by atoms with Crippen molar-refractivity contribution in [3.05, 3.63) is 24.3 Å². The summed E-state index contributed by atoms with van der Waals surface area (Å²) < 4.78 is 24.4. The summed E-state index contributed by atoms with van der Waals surface area (Å²) in [6.45, 7) is 3.65. The minimum atomic E-state index is -0.410. The van der Waals surface area contributed by atoms with Crippen LogP contribution in [0.1, 0.15) is 26.2 Å². The minimum Gasteiger partial charge on any atom is -0.494 e. The Morgan fingerprint density at radius 3 is 2.75 bits per heavy atom. The quantitative estimate of drug-likeness (QED) is 0.811. The van der Waals surface area contributed by atoms with Crippen LogP contribution in [0.5, 0.6) is 5.75 Å². The monoisotopic (exact) mass is 333 g/mol. The summed E-state index contributed by atoms with van der Waals surface area (Å²) >= 11 is 0. The van der Waals surface area contributed by atoms with Crippen molar-refractivity contribution in [2.75, 3.05) is 32.3 Å². The van der Waals surface area contributed by atoms with E-state index in [1.165, 1.54) is 25.9 Å². The topological polar surface area (TPSA) is 47.5 Å². The molecule has 0 saturated heterocycles. The Bertz CT molecular complexity index is 710. The predicted octanol–water partition coefficient (Wildman–Crippen LogP) is 3.42. The zero-order valence-corrected chi connectivity index (χ0v) is 14.5. The van der Waals surface area contributed by atoms with Gasteiger partial charge in [-0.3, -0.25) is 0 Å². The SMILES string of the molecule is COCCN(c1ncnc2cc(F)c(OC)cc12)C1CCC(C)C1. The highest BCUT2D eigenvalue weighted by Crippen LogP contribution is 2.35. The number of ether oxygens (including phenoxy) is 2. The van der Waals surface area contributed by atoms with E-state index in [0.29, 0.717) is 24.1 Å². The standard InChI is InChI=1S/C18H24FN3O2/c1-12-4-5-13(8-12)22(6-7-23-2)18-14-9-17(24-3)15(19)10-16(14)20-11-21-18/h9-13H,4-8H2,1-3H3. The van der Waals surface area contributed by atoms with Gasteiger partial charge in [-0.1, -0.05) is 6.92 Å². The number of methoxy groups -OCH3 is 2. The molecule has 5 nitrogen and oxygen atoms in total. The van der Waals surface area contributed by atoms with Crippen LogP contribution >= 0.6 is 0 Å². The lowest BCUT2D eigenvalue weighted by Gasteiger charge is -2.31. The van der Waals surface area contributed by atoms with Crippen molar-refractivity contribution in [2.24, 2.45) is 5.92 Å². The lowest BCUT2D eigenvalue weighted by atomic mass is 10.1. The average Bonchev–Trinajstić information content (AvgIpc) is 3.01. The first-order valence-electron chi connectivity index (χ1n) is 8.37. The number of aromatic nitrogens is 2. The first-order valence-corrected chi connectivity index (χ1v) is 8.37. The second-order valence-corrected chi connectivity index (χ2v) is 6.46. The Morgan fingerprint density at radius 1 is 1.25 bits per heavy atom. The van der Waals surface area contributed by atoms with Gasteiger partial charge in [0.05, 0.1) is 19.2 Å². The van der Waals surface area contributed by atoms with Crippen molar-refractivity contribution in [2.45, 2.75) is 32.2 Å². The number of nitrogens with zero attached hydrogens (tertiary/aromatic N) is 3. The van der Waals surface area contributed by atoms with Crippen molar-refractivity contribution >= 4 is 16.7 Å². The summed E-state index contributed by atoms with van der Waals surface area (Å²) in [7, 11) is 3.17. The fraction of sp³-hybridized carbons (Fsp3) is 0.556. The Hall–Kier alpha value is -1.95. The molecule has 0 bridgehead atoms. The molecule has 0 spiro atoms. The van der Waals surface area contributed by atoms with Crippen LogP contribution in [0.25, 0.3) is 10.9 Å². The van der Waals surface area contributed by atoms with Gasteiger partial charge < -0.3 is 14.4 Å². The van der Waals surface area contributed by atoms with E-state index in [1.54, 1.807) is 13.2 Å². The molecule has 1 aliphatic carbocycles. The maximum atomic E-state index is 14.0. The van der Waals surface area contributed by atoms with Crippen molar-refractivity contribution in [3.8, 4) is 5.75 Å². The second kappa shape index (κ2) is 7.30. The highest BCUT2D eigenvalue weighted by atomic mass is 19.1. The van der Waals surface area contributed by atoms with Crippen molar-refractivity contribution in [1.29, 1.82) is 0 Å². The van der Waals surface area contributed by atoms with Crippen LogP contribution in [0.4, 0.5) is 10.2 Å². The average molecular weight is 333 g/mol. The molecule has 0 radical (unpaired) electrons. The summed E-state index contributed by atoms with van der Waals surface area (Å²) in [6, 6.07) is 3.52. The van der Waals surface area contributed by atoms with Gasteiger partial charge in [0.15, 0.2) is 11.6 Å². The third-order valence-corrected chi connectivity index (χ3v) is 4.80. The largest absolute Gasteiger partial charge is 0.494 e. The zero-order chi connectivity index (χ0) is 17.1. The fourth-order valence-corrected chi connectivity index (χ4v) is 3.54. The minimum absolute atomic E-state index is 0.213. The third-order valence-electron chi connectivity index (χ3n) is 4.80. The molecule has 2 aromatic rings. The molecule has 6 heteroatoms. The Balaban J connectivity index is 2.05.